The van der Waals surface area contributed by atoms with Crippen molar-refractivity contribution in [2.24, 2.45) is 0 Å². The lowest BCUT2D eigenvalue weighted by Crippen LogP contribution is -2.23. The summed E-state index contributed by atoms with van der Waals surface area (Å²) < 4.78 is 6.24. The number of benzene rings is 1. The van der Waals surface area contributed by atoms with Gasteiger partial charge in [-0.05, 0) is 18.2 Å². The van der Waals surface area contributed by atoms with Crippen molar-refractivity contribution in [3.05, 3.63) is 62.3 Å². The van der Waals surface area contributed by atoms with Gasteiger partial charge in [0.25, 0.3) is 0 Å². The van der Waals surface area contributed by atoms with Gasteiger partial charge in [-0.25, -0.2) is 4.79 Å². The minimum absolute atomic E-state index is 0.0123. The lowest BCUT2D eigenvalue weighted by Gasteiger charge is -2.10. The SMILES string of the molecule is COc1ccc(C=O)cc1Cn1cc([N+](=O)[O-])cnc1=O. The van der Waals surface area contributed by atoms with Gasteiger partial charge in [0.05, 0.1) is 24.8 Å². The van der Waals surface area contributed by atoms with Gasteiger partial charge in [-0.3, -0.25) is 19.5 Å². The highest BCUT2D eigenvalue weighted by Gasteiger charge is 2.11. The number of rotatable bonds is 5. The van der Waals surface area contributed by atoms with Crippen molar-refractivity contribution in [3.8, 4) is 5.75 Å². The van der Waals surface area contributed by atoms with E-state index in [1.54, 1.807) is 18.2 Å². The predicted octanol–water partition coefficient (Wildman–Crippen LogP) is 1.02. The first-order chi connectivity index (χ1) is 10.0. The summed E-state index contributed by atoms with van der Waals surface area (Å²) >= 11 is 0. The zero-order valence-electron chi connectivity index (χ0n) is 11.1. The molecule has 0 fully saturated rings. The number of hydrogen-bond acceptors (Lipinski definition) is 6. The molecule has 21 heavy (non-hydrogen) atoms. The molecule has 0 spiro atoms. The lowest BCUT2D eigenvalue weighted by atomic mass is 10.1. The van der Waals surface area contributed by atoms with Gasteiger partial charge in [-0.15, -0.1) is 0 Å². The Morgan fingerprint density at radius 1 is 1.48 bits per heavy atom. The van der Waals surface area contributed by atoms with Gasteiger partial charge < -0.3 is 4.74 Å². The fourth-order valence-corrected chi connectivity index (χ4v) is 1.83. The van der Waals surface area contributed by atoms with Crippen molar-refractivity contribution in [1.82, 2.24) is 9.55 Å². The average Bonchev–Trinajstić information content (AvgIpc) is 2.49. The Hall–Kier alpha value is -3.03. The molecule has 0 aliphatic rings. The van der Waals surface area contributed by atoms with Crippen molar-refractivity contribution in [3.63, 3.8) is 0 Å². The quantitative estimate of drug-likeness (QED) is 0.462. The van der Waals surface area contributed by atoms with Crippen LogP contribution in [0, 0.1) is 10.1 Å². The van der Waals surface area contributed by atoms with Crippen molar-refractivity contribution >= 4 is 12.0 Å². The topological polar surface area (TPSA) is 104 Å². The van der Waals surface area contributed by atoms with Gasteiger partial charge in [0.2, 0.25) is 0 Å². The molecule has 2 rings (SSSR count). The summed E-state index contributed by atoms with van der Waals surface area (Å²) in [5.74, 6) is 0.471. The molecule has 8 heteroatoms. The van der Waals surface area contributed by atoms with Crippen molar-refractivity contribution in [2.45, 2.75) is 6.54 Å². The number of aromatic nitrogens is 2. The number of nitro groups is 1. The number of hydrogen-bond donors (Lipinski definition) is 0. The molecule has 0 bridgehead atoms. The molecule has 108 valence electrons. The maximum Gasteiger partial charge on any atom is 0.348 e. The predicted molar refractivity (Wildman–Crippen MR) is 72.6 cm³/mol. The Balaban J connectivity index is 2.46. The van der Waals surface area contributed by atoms with E-state index in [9.17, 15) is 19.7 Å². The zero-order valence-corrected chi connectivity index (χ0v) is 11.1. The van der Waals surface area contributed by atoms with E-state index in [0.29, 0.717) is 23.2 Å². The van der Waals surface area contributed by atoms with E-state index >= 15 is 0 Å². The van der Waals surface area contributed by atoms with Gasteiger partial charge in [-0.1, -0.05) is 0 Å². The second-order valence-electron chi connectivity index (χ2n) is 4.17. The van der Waals surface area contributed by atoms with E-state index in [-0.39, 0.29) is 12.2 Å². The maximum absolute atomic E-state index is 11.7. The summed E-state index contributed by atoms with van der Waals surface area (Å²) in [5.41, 5.74) is 0.0444. The number of aldehydes is 1. The Labute approximate surface area is 118 Å². The number of carbonyl (C=O) groups is 1. The third kappa shape index (κ3) is 3.11. The normalized spacial score (nSPS) is 10.1. The Bertz CT molecular complexity index is 754. The monoisotopic (exact) mass is 289 g/mol. The maximum atomic E-state index is 11.7. The standard InChI is InChI=1S/C13H11N3O5/c1-21-12-3-2-9(8-17)4-10(12)6-15-7-11(16(19)20)5-14-13(15)18/h2-5,7-8H,6H2,1H3. The summed E-state index contributed by atoms with van der Waals surface area (Å²) in [6.45, 7) is 0.0123. The van der Waals surface area contributed by atoms with Crippen LogP contribution in [0.15, 0.2) is 35.4 Å². The van der Waals surface area contributed by atoms with Crippen LogP contribution in [0.25, 0.3) is 0 Å². The molecule has 0 aliphatic carbocycles. The number of nitrogens with zero attached hydrogens (tertiary/aromatic N) is 3. The lowest BCUT2D eigenvalue weighted by molar-refractivity contribution is -0.385. The molecule has 1 aromatic carbocycles. The molecule has 1 heterocycles. The molecule has 2 aromatic rings. The number of carbonyl (C=O) groups excluding carboxylic acids is 1. The Morgan fingerprint density at radius 3 is 2.86 bits per heavy atom. The fourth-order valence-electron chi connectivity index (χ4n) is 1.83. The van der Waals surface area contributed by atoms with Crippen LogP contribution in [0.3, 0.4) is 0 Å². The van der Waals surface area contributed by atoms with Gasteiger partial charge in [0.1, 0.15) is 18.2 Å². The molecule has 0 radical (unpaired) electrons. The molecule has 0 saturated carbocycles. The fraction of sp³-hybridized carbons (Fsp3) is 0.154. The molecule has 1 aromatic heterocycles. The first-order valence-corrected chi connectivity index (χ1v) is 5.88. The molecule has 0 saturated heterocycles. The highest BCUT2D eigenvalue weighted by Crippen LogP contribution is 2.20. The summed E-state index contributed by atoms with van der Waals surface area (Å²) in [6.07, 6.45) is 2.66. The molecule has 0 aliphatic heterocycles. The van der Waals surface area contributed by atoms with Crippen molar-refractivity contribution < 1.29 is 14.5 Å². The van der Waals surface area contributed by atoms with Crippen LogP contribution in [-0.4, -0.2) is 27.9 Å². The van der Waals surface area contributed by atoms with E-state index in [0.717, 1.165) is 17.0 Å². The van der Waals surface area contributed by atoms with E-state index in [1.807, 2.05) is 0 Å². The molecular weight excluding hydrogens is 278 g/mol. The van der Waals surface area contributed by atoms with Crippen LogP contribution in [0.5, 0.6) is 5.75 Å². The largest absolute Gasteiger partial charge is 0.496 e. The van der Waals surface area contributed by atoms with E-state index < -0.39 is 10.6 Å². The smallest absolute Gasteiger partial charge is 0.348 e. The Morgan fingerprint density at radius 2 is 2.24 bits per heavy atom. The van der Waals surface area contributed by atoms with Crippen LogP contribution in [0.4, 0.5) is 5.69 Å². The van der Waals surface area contributed by atoms with E-state index in [1.165, 1.54) is 7.11 Å². The van der Waals surface area contributed by atoms with Gasteiger partial charge in [0.15, 0.2) is 0 Å². The highest BCUT2D eigenvalue weighted by molar-refractivity contribution is 5.75. The van der Waals surface area contributed by atoms with Crippen LogP contribution in [0.2, 0.25) is 0 Å². The molecule has 0 atom stereocenters. The highest BCUT2D eigenvalue weighted by atomic mass is 16.6. The molecule has 8 nitrogen and oxygen atoms in total. The van der Waals surface area contributed by atoms with E-state index in [4.69, 9.17) is 4.74 Å². The summed E-state index contributed by atoms with van der Waals surface area (Å²) in [7, 11) is 1.45. The average molecular weight is 289 g/mol. The molecular formula is C13H11N3O5. The second kappa shape index (κ2) is 5.95. The van der Waals surface area contributed by atoms with Gasteiger partial charge >= 0.3 is 11.4 Å². The third-order valence-electron chi connectivity index (χ3n) is 2.83. The molecule has 0 unspecified atom stereocenters. The number of ether oxygens (including phenoxy) is 1. The van der Waals surface area contributed by atoms with Gasteiger partial charge in [0, 0.05) is 11.1 Å². The zero-order chi connectivity index (χ0) is 15.4. The minimum atomic E-state index is -0.637. The second-order valence-corrected chi connectivity index (χ2v) is 4.17. The van der Waals surface area contributed by atoms with Crippen molar-refractivity contribution in [1.29, 1.82) is 0 Å². The van der Waals surface area contributed by atoms with Crippen LogP contribution < -0.4 is 10.4 Å². The summed E-state index contributed by atoms with van der Waals surface area (Å²) in [4.78, 5) is 36.0. The van der Waals surface area contributed by atoms with Crippen LogP contribution >= 0.6 is 0 Å². The minimum Gasteiger partial charge on any atom is -0.496 e. The van der Waals surface area contributed by atoms with Crippen molar-refractivity contribution in [2.75, 3.05) is 7.11 Å². The van der Waals surface area contributed by atoms with Crippen LogP contribution in [0.1, 0.15) is 15.9 Å². The summed E-state index contributed by atoms with van der Waals surface area (Å²) in [5, 5.41) is 10.7. The molecule has 0 amide bonds. The molecule has 0 N–H and O–H groups in total. The Kier molecular flexibility index (Phi) is 4.07. The first kappa shape index (κ1) is 14.4. The first-order valence-electron chi connectivity index (χ1n) is 5.88. The number of methoxy groups -OCH3 is 1. The van der Waals surface area contributed by atoms with Crippen LogP contribution in [-0.2, 0) is 6.54 Å². The third-order valence-corrected chi connectivity index (χ3v) is 2.83. The summed E-state index contributed by atoms with van der Waals surface area (Å²) in [6, 6.07) is 4.72. The van der Waals surface area contributed by atoms with E-state index in [2.05, 4.69) is 4.98 Å². The van der Waals surface area contributed by atoms with Gasteiger partial charge in [-0.2, -0.15) is 4.98 Å².